The van der Waals surface area contributed by atoms with E-state index >= 15 is 0 Å². The van der Waals surface area contributed by atoms with Gasteiger partial charge in [0.15, 0.2) is 23.0 Å². The van der Waals surface area contributed by atoms with Crippen molar-refractivity contribution < 1.29 is 37.3 Å². The van der Waals surface area contributed by atoms with Gasteiger partial charge in [0.2, 0.25) is 11.5 Å². The van der Waals surface area contributed by atoms with Crippen LogP contribution in [0, 0.1) is 0 Å². The molecule has 8 nitrogen and oxygen atoms in total. The smallest absolute Gasteiger partial charge is 0.250 e. The van der Waals surface area contributed by atoms with E-state index in [4.69, 9.17) is 32.5 Å². The number of hydrogen-bond donors (Lipinski definition) is 0. The Labute approximate surface area is 242 Å². The summed E-state index contributed by atoms with van der Waals surface area (Å²) in [6.07, 6.45) is 0. The molecule has 41 heavy (non-hydrogen) atoms. The van der Waals surface area contributed by atoms with Crippen molar-refractivity contribution in [2.24, 2.45) is 0 Å². The first-order valence-electron chi connectivity index (χ1n) is 13.2. The molecule has 218 valence electrons. The van der Waals surface area contributed by atoms with Gasteiger partial charge in [0.1, 0.15) is 17.1 Å². The van der Waals surface area contributed by atoms with Crippen LogP contribution >= 0.6 is 0 Å². The molecule has 1 aromatic heterocycles. The highest BCUT2D eigenvalue weighted by Gasteiger charge is 2.39. The number of carbonyl (C=O) groups excluding carboxylic acids is 1. The molecule has 0 spiro atoms. The molecule has 0 saturated heterocycles. The molecule has 0 radical (unpaired) electrons. The lowest BCUT2D eigenvalue weighted by molar-refractivity contribution is 0.101. The molecule has 4 rings (SSSR count). The van der Waals surface area contributed by atoms with Crippen LogP contribution in [0.25, 0.3) is 22.1 Å². The second-order valence-corrected chi connectivity index (χ2v) is 15.9. The molecule has 0 atom stereocenters. The van der Waals surface area contributed by atoms with Gasteiger partial charge in [-0.25, -0.2) is 0 Å². The summed E-state index contributed by atoms with van der Waals surface area (Å²) in [6, 6.07) is 14.4. The van der Waals surface area contributed by atoms with Crippen molar-refractivity contribution in [2.45, 2.75) is 38.9 Å². The summed E-state index contributed by atoms with van der Waals surface area (Å²) in [5.74, 6) is 2.78. The lowest BCUT2D eigenvalue weighted by Gasteiger charge is -2.36. The fourth-order valence-corrected chi connectivity index (χ4v) is 5.35. The molecular weight excluding hydrogens is 540 g/mol. The van der Waals surface area contributed by atoms with Gasteiger partial charge in [-0.1, -0.05) is 26.8 Å². The third-order valence-corrected chi connectivity index (χ3v) is 12.0. The molecule has 0 fully saturated rings. The van der Waals surface area contributed by atoms with Gasteiger partial charge in [-0.05, 0) is 60.1 Å². The van der Waals surface area contributed by atoms with Crippen LogP contribution in [-0.2, 0) is 0 Å². The van der Waals surface area contributed by atoms with Crippen LogP contribution in [0.2, 0.25) is 18.1 Å². The van der Waals surface area contributed by atoms with E-state index in [1.54, 1.807) is 32.4 Å². The number of ketones is 1. The standard InChI is InChI=1S/C32H38O8Si/c1-32(2,3)41(9,10)40-25-15-19(11-14-23(25)35-5)28-22-13-12-21(34-4)18-24(22)39-31(28)29(33)20-16-26(36-6)30(38-8)27(17-20)37-7/h11-18H,1-10H3. The summed E-state index contributed by atoms with van der Waals surface area (Å²) in [4.78, 5) is 14.1. The summed E-state index contributed by atoms with van der Waals surface area (Å²) < 4.78 is 40.5. The summed E-state index contributed by atoms with van der Waals surface area (Å²) >= 11 is 0. The topological polar surface area (TPSA) is 85.6 Å². The third-order valence-electron chi connectivity index (χ3n) is 7.65. The van der Waals surface area contributed by atoms with E-state index in [1.807, 2.05) is 30.3 Å². The van der Waals surface area contributed by atoms with E-state index in [-0.39, 0.29) is 16.6 Å². The van der Waals surface area contributed by atoms with Gasteiger partial charge < -0.3 is 32.5 Å². The first-order valence-corrected chi connectivity index (χ1v) is 16.1. The van der Waals surface area contributed by atoms with Crippen molar-refractivity contribution >= 4 is 25.1 Å². The maximum atomic E-state index is 14.1. The minimum atomic E-state index is -2.21. The predicted octanol–water partition coefficient (Wildman–Crippen LogP) is 7.76. The quantitative estimate of drug-likeness (QED) is 0.139. The maximum absolute atomic E-state index is 14.1. The number of methoxy groups -OCH3 is 5. The average Bonchev–Trinajstić information content (AvgIpc) is 3.33. The minimum Gasteiger partial charge on any atom is -0.541 e. The second-order valence-electron chi connectivity index (χ2n) is 11.1. The Bertz CT molecular complexity index is 1550. The van der Waals surface area contributed by atoms with Gasteiger partial charge in [-0.3, -0.25) is 4.79 Å². The number of furan rings is 1. The largest absolute Gasteiger partial charge is 0.541 e. The molecule has 0 aliphatic heterocycles. The Morgan fingerprint density at radius 2 is 1.37 bits per heavy atom. The molecule has 4 aromatic rings. The number of rotatable bonds is 10. The highest BCUT2D eigenvalue weighted by atomic mass is 28.4. The second kappa shape index (κ2) is 11.4. The van der Waals surface area contributed by atoms with Gasteiger partial charge in [-0.2, -0.15) is 0 Å². The predicted molar refractivity (Wildman–Crippen MR) is 162 cm³/mol. The van der Waals surface area contributed by atoms with Gasteiger partial charge in [-0.15, -0.1) is 0 Å². The first kappa shape index (κ1) is 29.9. The summed E-state index contributed by atoms with van der Waals surface area (Å²) in [6.45, 7) is 10.9. The fourth-order valence-electron chi connectivity index (χ4n) is 4.33. The number of carbonyl (C=O) groups is 1. The summed E-state index contributed by atoms with van der Waals surface area (Å²) in [5, 5.41) is 0.727. The number of hydrogen-bond acceptors (Lipinski definition) is 8. The molecule has 0 aliphatic carbocycles. The third kappa shape index (κ3) is 5.59. The average molecular weight is 579 g/mol. The maximum Gasteiger partial charge on any atom is 0.250 e. The van der Waals surface area contributed by atoms with E-state index in [0.717, 1.165) is 10.9 Å². The lowest BCUT2D eigenvalue weighted by Crippen LogP contribution is -2.43. The SMILES string of the molecule is COc1ccc2c(-c3ccc(OC)c(O[Si](C)(C)C(C)(C)C)c3)c(C(=O)c3cc(OC)c(OC)c(OC)c3)oc2c1. The number of benzene rings is 3. The van der Waals surface area contributed by atoms with E-state index in [1.165, 1.54) is 21.3 Å². The summed E-state index contributed by atoms with van der Waals surface area (Å²) in [7, 11) is 5.51. The molecule has 0 bridgehead atoms. The van der Waals surface area contributed by atoms with Crippen molar-refractivity contribution in [3.8, 4) is 45.6 Å². The van der Waals surface area contributed by atoms with Crippen LogP contribution in [0.15, 0.2) is 52.9 Å². The van der Waals surface area contributed by atoms with E-state index < -0.39 is 8.32 Å². The van der Waals surface area contributed by atoms with Crippen LogP contribution in [0.1, 0.15) is 36.9 Å². The molecule has 0 unspecified atom stereocenters. The van der Waals surface area contributed by atoms with Crippen molar-refractivity contribution in [3.05, 3.63) is 59.9 Å². The van der Waals surface area contributed by atoms with Crippen LogP contribution in [0.4, 0.5) is 0 Å². The molecule has 9 heteroatoms. The Morgan fingerprint density at radius 3 is 1.90 bits per heavy atom. The molecule has 1 heterocycles. The Kier molecular flexibility index (Phi) is 8.31. The van der Waals surface area contributed by atoms with E-state index in [9.17, 15) is 4.79 Å². The zero-order valence-corrected chi connectivity index (χ0v) is 26.4. The normalized spacial score (nSPS) is 11.8. The monoisotopic (exact) mass is 578 g/mol. The molecular formula is C32H38O8Si. The zero-order chi connectivity index (χ0) is 30.1. The molecule has 0 amide bonds. The van der Waals surface area contributed by atoms with Gasteiger partial charge in [0, 0.05) is 22.6 Å². The zero-order valence-electron chi connectivity index (χ0n) is 25.4. The van der Waals surface area contributed by atoms with Crippen LogP contribution in [0.3, 0.4) is 0 Å². The lowest BCUT2D eigenvalue weighted by atomic mass is 9.97. The first-order chi connectivity index (χ1) is 19.4. The van der Waals surface area contributed by atoms with Crippen molar-refractivity contribution in [1.29, 1.82) is 0 Å². The highest BCUT2D eigenvalue weighted by molar-refractivity contribution is 6.74. The number of fused-ring (bicyclic) bond motifs is 1. The van der Waals surface area contributed by atoms with E-state index in [2.05, 4.69) is 33.9 Å². The van der Waals surface area contributed by atoms with Crippen LogP contribution < -0.4 is 28.1 Å². The summed E-state index contributed by atoms with van der Waals surface area (Å²) in [5.41, 5.74) is 2.21. The molecule has 0 saturated carbocycles. The Hall–Kier alpha value is -4.11. The highest BCUT2D eigenvalue weighted by Crippen LogP contribution is 2.45. The molecule has 0 aliphatic rings. The minimum absolute atomic E-state index is 0.0273. The fraction of sp³-hybridized carbons (Fsp3) is 0.344. The van der Waals surface area contributed by atoms with Crippen molar-refractivity contribution in [1.82, 2.24) is 0 Å². The van der Waals surface area contributed by atoms with Crippen molar-refractivity contribution in [3.63, 3.8) is 0 Å². The van der Waals surface area contributed by atoms with Crippen LogP contribution in [-0.4, -0.2) is 49.6 Å². The van der Waals surface area contributed by atoms with Crippen molar-refractivity contribution in [2.75, 3.05) is 35.5 Å². The van der Waals surface area contributed by atoms with Crippen LogP contribution in [0.5, 0.6) is 34.5 Å². The van der Waals surface area contributed by atoms with E-state index in [0.29, 0.717) is 51.2 Å². The number of ether oxygens (including phenoxy) is 5. The van der Waals surface area contributed by atoms with Gasteiger partial charge in [0.25, 0.3) is 8.32 Å². The van der Waals surface area contributed by atoms with Gasteiger partial charge in [0.05, 0.1) is 35.5 Å². The molecule has 0 N–H and O–H groups in total. The molecule has 3 aromatic carbocycles. The Morgan fingerprint density at radius 1 is 0.732 bits per heavy atom. The Balaban J connectivity index is 1.96. The van der Waals surface area contributed by atoms with Gasteiger partial charge >= 0.3 is 0 Å².